The third kappa shape index (κ3) is 3.25. The summed E-state index contributed by atoms with van der Waals surface area (Å²) < 4.78 is 0. The summed E-state index contributed by atoms with van der Waals surface area (Å²) in [5.41, 5.74) is 5.74. The van der Waals surface area contributed by atoms with Crippen LogP contribution in [0.3, 0.4) is 0 Å². The van der Waals surface area contributed by atoms with Crippen molar-refractivity contribution in [3.8, 4) is 0 Å². The van der Waals surface area contributed by atoms with E-state index < -0.39 is 0 Å². The van der Waals surface area contributed by atoms with Crippen LogP contribution in [-0.4, -0.2) is 30.4 Å². The molecule has 2 N–H and O–H groups in total. The summed E-state index contributed by atoms with van der Waals surface area (Å²) in [7, 11) is 0. The largest absolute Gasteiger partial charge is 0.342 e. The zero-order valence-corrected chi connectivity index (χ0v) is 11.7. The van der Waals surface area contributed by atoms with E-state index in [4.69, 9.17) is 5.73 Å². The molecule has 0 spiro atoms. The standard InChI is InChI=1S/C15H28N2O/c1-2-12-5-7-14(8-6-12)15(18)17-9-3-4-13(10-16)11-17/h12-14H,2-11,16H2,1H3. The van der Waals surface area contributed by atoms with Gasteiger partial charge in [0, 0.05) is 19.0 Å². The molecule has 18 heavy (non-hydrogen) atoms. The molecular weight excluding hydrogens is 224 g/mol. The Morgan fingerprint density at radius 1 is 1.17 bits per heavy atom. The maximum Gasteiger partial charge on any atom is 0.225 e. The van der Waals surface area contributed by atoms with Gasteiger partial charge in [-0.25, -0.2) is 0 Å². The Morgan fingerprint density at radius 2 is 1.89 bits per heavy atom. The van der Waals surface area contributed by atoms with Gasteiger partial charge in [0.1, 0.15) is 0 Å². The van der Waals surface area contributed by atoms with E-state index in [9.17, 15) is 4.79 Å². The average molecular weight is 252 g/mol. The van der Waals surface area contributed by atoms with E-state index in [0.717, 1.165) is 44.8 Å². The molecule has 0 bridgehead atoms. The molecule has 3 heteroatoms. The highest BCUT2D eigenvalue weighted by Gasteiger charge is 2.31. The molecule has 1 unspecified atom stereocenters. The van der Waals surface area contributed by atoms with Gasteiger partial charge in [0.05, 0.1) is 0 Å². The molecule has 104 valence electrons. The number of nitrogens with zero attached hydrogens (tertiary/aromatic N) is 1. The van der Waals surface area contributed by atoms with Gasteiger partial charge in [-0.15, -0.1) is 0 Å². The van der Waals surface area contributed by atoms with Gasteiger partial charge in [-0.2, -0.15) is 0 Å². The molecule has 1 amide bonds. The van der Waals surface area contributed by atoms with Crippen LogP contribution in [0.4, 0.5) is 0 Å². The van der Waals surface area contributed by atoms with Gasteiger partial charge >= 0.3 is 0 Å². The van der Waals surface area contributed by atoms with Crippen molar-refractivity contribution in [2.24, 2.45) is 23.5 Å². The summed E-state index contributed by atoms with van der Waals surface area (Å²) in [6.45, 7) is 4.86. The lowest BCUT2D eigenvalue weighted by Gasteiger charge is -2.36. The summed E-state index contributed by atoms with van der Waals surface area (Å²) in [5, 5.41) is 0. The van der Waals surface area contributed by atoms with Crippen molar-refractivity contribution in [1.82, 2.24) is 4.90 Å². The van der Waals surface area contributed by atoms with Gasteiger partial charge in [0.2, 0.25) is 5.91 Å². The molecule has 1 aliphatic heterocycles. The second-order valence-electron chi connectivity index (χ2n) is 6.15. The zero-order chi connectivity index (χ0) is 13.0. The van der Waals surface area contributed by atoms with Gasteiger partial charge in [0.15, 0.2) is 0 Å². The van der Waals surface area contributed by atoms with E-state index in [2.05, 4.69) is 11.8 Å². The topological polar surface area (TPSA) is 46.3 Å². The molecule has 2 fully saturated rings. The maximum atomic E-state index is 12.5. The average Bonchev–Trinajstić information content (AvgIpc) is 2.46. The predicted molar refractivity (Wildman–Crippen MR) is 74.1 cm³/mol. The molecule has 2 rings (SSSR count). The van der Waals surface area contributed by atoms with Crippen molar-refractivity contribution in [1.29, 1.82) is 0 Å². The number of amides is 1. The zero-order valence-electron chi connectivity index (χ0n) is 11.7. The molecule has 1 heterocycles. The smallest absolute Gasteiger partial charge is 0.225 e. The van der Waals surface area contributed by atoms with Crippen LogP contribution in [0.1, 0.15) is 51.9 Å². The molecule has 0 radical (unpaired) electrons. The SMILES string of the molecule is CCC1CCC(C(=O)N2CCCC(CN)C2)CC1. The first kappa shape index (κ1) is 13.9. The molecule has 1 saturated carbocycles. The van der Waals surface area contributed by atoms with E-state index in [1.165, 1.54) is 25.7 Å². The molecule has 0 aromatic rings. The fourth-order valence-electron chi connectivity index (χ4n) is 3.53. The molecule has 2 aliphatic rings. The van der Waals surface area contributed by atoms with E-state index in [0.29, 0.717) is 17.7 Å². The Bertz CT molecular complexity index is 272. The Morgan fingerprint density at radius 3 is 2.50 bits per heavy atom. The van der Waals surface area contributed by atoms with E-state index in [1.807, 2.05) is 0 Å². The highest BCUT2D eigenvalue weighted by Crippen LogP contribution is 2.32. The van der Waals surface area contributed by atoms with Crippen LogP contribution in [0, 0.1) is 17.8 Å². The molecule has 1 saturated heterocycles. The van der Waals surface area contributed by atoms with Crippen LogP contribution in [0.25, 0.3) is 0 Å². The molecule has 0 aromatic carbocycles. The van der Waals surface area contributed by atoms with Gasteiger partial charge < -0.3 is 10.6 Å². The summed E-state index contributed by atoms with van der Waals surface area (Å²) in [5.74, 6) is 2.13. The van der Waals surface area contributed by atoms with Gasteiger partial charge in [0.25, 0.3) is 0 Å². The number of nitrogens with two attached hydrogens (primary N) is 1. The first-order valence-corrected chi connectivity index (χ1v) is 7.73. The van der Waals surface area contributed by atoms with Crippen LogP contribution < -0.4 is 5.73 Å². The van der Waals surface area contributed by atoms with Crippen LogP contribution in [0.2, 0.25) is 0 Å². The molecule has 0 aromatic heterocycles. The second kappa shape index (κ2) is 6.55. The Kier molecular flexibility index (Phi) is 5.04. The quantitative estimate of drug-likeness (QED) is 0.838. The number of hydrogen-bond donors (Lipinski definition) is 1. The lowest BCUT2D eigenvalue weighted by Crippen LogP contribution is -2.45. The summed E-state index contributed by atoms with van der Waals surface area (Å²) in [6, 6.07) is 0. The molecule has 3 nitrogen and oxygen atoms in total. The minimum absolute atomic E-state index is 0.310. The van der Waals surface area contributed by atoms with E-state index in [-0.39, 0.29) is 0 Å². The fourth-order valence-corrected chi connectivity index (χ4v) is 3.53. The van der Waals surface area contributed by atoms with Gasteiger partial charge in [-0.05, 0) is 56.9 Å². The van der Waals surface area contributed by atoms with E-state index in [1.54, 1.807) is 0 Å². The molecule has 1 aliphatic carbocycles. The van der Waals surface area contributed by atoms with Crippen molar-refractivity contribution in [3.63, 3.8) is 0 Å². The van der Waals surface area contributed by atoms with Crippen molar-refractivity contribution in [3.05, 3.63) is 0 Å². The Hall–Kier alpha value is -0.570. The van der Waals surface area contributed by atoms with Gasteiger partial charge in [-0.3, -0.25) is 4.79 Å². The van der Waals surface area contributed by atoms with Crippen LogP contribution in [0.5, 0.6) is 0 Å². The number of piperidine rings is 1. The second-order valence-corrected chi connectivity index (χ2v) is 6.15. The highest BCUT2D eigenvalue weighted by molar-refractivity contribution is 5.79. The van der Waals surface area contributed by atoms with Crippen molar-refractivity contribution in [2.45, 2.75) is 51.9 Å². The molecular formula is C15H28N2O. The van der Waals surface area contributed by atoms with Crippen LogP contribution >= 0.6 is 0 Å². The minimum atomic E-state index is 0.310. The monoisotopic (exact) mass is 252 g/mol. The number of rotatable bonds is 3. The van der Waals surface area contributed by atoms with E-state index >= 15 is 0 Å². The van der Waals surface area contributed by atoms with Crippen LogP contribution in [0.15, 0.2) is 0 Å². The third-order valence-electron chi connectivity index (χ3n) is 4.94. The number of carbonyl (C=O) groups excluding carboxylic acids is 1. The third-order valence-corrected chi connectivity index (χ3v) is 4.94. The summed E-state index contributed by atoms with van der Waals surface area (Å²) in [4.78, 5) is 14.6. The van der Waals surface area contributed by atoms with Crippen molar-refractivity contribution < 1.29 is 4.79 Å². The summed E-state index contributed by atoms with van der Waals surface area (Å²) >= 11 is 0. The molecule has 1 atom stereocenters. The minimum Gasteiger partial charge on any atom is -0.342 e. The Labute approximate surface area is 111 Å². The lowest BCUT2D eigenvalue weighted by molar-refractivity contribution is -0.138. The fraction of sp³-hybridized carbons (Fsp3) is 0.933. The normalized spacial score (nSPS) is 33.4. The first-order chi connectivity index (χ1) is 8.74. The number of likely N-dealkylation sites (tertiary alicyclic amines) is 1. The highest BCUT2D eigenvalue weighted by atomic mass is 16.2. The number of hydrogen-bond acceptors (Lipinski definition) is 2. The predicted octanol–water partition coefficient (Wildman–Crippen LogP) is 2.40. The van der Waals surface area contributed by atoms with Crippen molar-refractivity contribution in [2.75, 3.05) is 19.6 Å². The maximum absolute atomic E-state index is 12.5. The lowest BCUT2D eigenvalue weighted by atomic mass is 9.80. The van der Waals surface area contributed by atoms with Crippen LogP contribution in [-0.2, 0) is 4.79 Å². The first-order valence-electron chi connectivity index (χ1n) is 7.73. The number of carbonyl (C=O) groups is 1. The Balaban J connectivity index is 1.83. The van der Waals surface area contributed by atoms with Gasteiger partial charge in [-0.1, -0.05) is 13.3 Å². The van der Waals surface area contributed by atoms with Crippen molar-refractivity contribution >= 4 is 5.91 Å². The summed E-state index contributed by atoms with van der Waals surface area (Å²) in [6.07, 6.45) is 8.34.